The first-order valence-electron chi connectivity index (χ1n) is 4.46. The van der Waals surface area contributed by atoms with Crippen LogP contribution in [0.3, 0.4) is 0 Å². The number of hydrogen-bond acceptors (Lipinski definition) is 2. The Hall–Kier alpha value is -1.50. The van der Waals surface area contributed by atoms with Gasteiger partial charge in [0, 0.05) is 10.7 Å². The van der Waals surface area contributed by atoms with Gasteiger partial charge < -0.3 is 4.98 Å². The van der Waals surface area contributed by atoms with E-state index < -0.39 is 0 Å². The summed E-state index contributed by atoms with van der Waals surface area (Å²) in [6.07, 6.45) is 0. The van der Waals surface area contributed by atoms with Crippen LogP contribution in [0.2, 0.25) is 10.0 Å². The van der Waals surface area contributed by atoms with Crippen molar-refractivity contribution in [2.24, 2.45) is 0 Å². The Labute approximate surface area is 101 Å². The number of rotatable bonds is 0. The minimum Gasteiger partial charge on any atom is -0.357 e. The van der Waals surface area contributed by atoms with Crippen molar-refractivity contribution in [1.82, 2.24) is 4.98 Å². The van der Waals surface area contributed by atoms with Crippen molar-refractivity contribution in [3.8, 4) is 6.07 Å². The molecule has 16 heavy (non-hydrogen) atoms. The Bertz CT molecular complexity index is 683. The maximum absolute atomic E-state index is 11.9. The number of fused-ring (bicyclic) bond motifs is 1. The van der Waals surface area contributed by atoms with Crippen molar-refractivity contribution in [2.75, 3.05) is 0 Å². The lowest BCUT2D eigenvalue weighted by Crippen LogP contribution is -2.10. The lowest BCUT2D eigenvalue weighted by Gasteiger charge is -2.04. The van der Waals surface area contributed by atoms with Gasteiger partial charge in [-0.15, -0.1) is 0 Å². The highest BCUT2D eigenvalue weighted by molar-refractivity contribution is 6.38. The van der Waals surface area contributed by atoms with Crippen molar-refractivity contribution < 1.29 is 0 Å². The van der Waals surface area contributed by atoms with Gasteiger partial charge in [-0.05, 0) is 19.1 Å². The maximum Gasteiger partial charge on any atom is 0.208 e. The number of pyridine rings is 1. The van der Waals surface area contributed by atoms with Gasteiger partial charge in [0.05, 0.1) is 15.9 Å². The van der Waals surface area contributed by atoms with Crippen molar-refractivity contribution in [1.29, 1.82) is 5.26 Å². The average Bonchev–Trinajstić information content (AvgIpc) is 2.15. The van der Waals surface area contributed by atoms with Gasteiger partial charge in [-0.1, -0.05) is 23.2 Å². The molecule has 0 unspecified atom stereocenters. The molecule has 1 heterocycles. The van der Waals surface area contributed by atoms with E-state index in [1.165, 1.54) is 6.07 Å². The Balaban J connectivity index is 3.07. The molecular formula is C11H6Cl2N2O. The number of aromatic nitrogens is 1. The van der Waals surface area contributed by atoms with E-state index in [4.69, 9.17) is 28.5 Å². The molecule has 1 N–H and O–H groups in total. The minimum atomic E-state index is -0.365. The molecule has 1 aromatic heterocycles. The minimum absolute atomic E-state index is 0.0803. The van der Waals surface area contributed by atoms with Gasteiger partial charge in [-0.3, -0.25) is 4.79 Å². The van der Waals surface area contributed by atoms with E-state index in [2.05, 4.69) is 4.98 Å². The fraction of sp³-hybridized carbons (Fsp3) is 0.0909. The largest absolute Gasteiger partial charge is 0.357 e. The number of benzene rings is 1. The van der Waals surface area contributed by atoms with Gasteiger partial charge in [0.25, 0.3) is 0 Å². The molecule has 0 radical (unpaired) electrons. The Morgan fingerprint density at radius 2 is 2.06 bits per heavy atom. The molecule has 0 spiro atoms. The number of nitriles is 1. The van der Waals surface area contributed by atoms with E-state index >= 15 is 0 Å². The van der Waals surface area contributed by atoms with Crippen molar-refractivity contribution in [3.05, 3.63) is 43.7 Å². The number of nitrogens with zero attached hydrogens (tertiary/aromatic N) is 1. The van der Waals surface area contributed by atoms with Crippen molar-refractivity contribution in [2.45, 2.75) is 6.92 Å². The van der Waals surface area contributed by atoms with Crippen molar-refractivity contribution in [3.63, 3.8) is 0 Å². The number of aromatic amines is 1. The van der Waals surface area contributed by atoms with Gasteiger partial charge in [-0.25, -0.2) is 0 Å². The highest BCUT2D eigenvalue weighted by atomic mass is 35.5. The summed E-state index contributed by atoms with van der Waals surface area (Å²) in [6, 6.07) is 4.95. The lowest BCUT2D eigenvalue weighted by molar-refractivity contribution is 1.21. The summed E-state index contributed by atoms with van der Waals surface area (Å²) in [4.78, 5) is 14.9. The van der Waals surface area contributed by atoms with E-state index in [1.54, 1.807) is 13.0 Å². The number of halogens is 2. The van der Waals surface area contributed by atoms with Crippen LogP contribution in [0.4, 0.5) is 0 Å². The van der Waals surface area contributed by atoms with Crippen LogP contribution in [-0.2, 0) is 0 Å². The standard InChI is InChI=1S/C11H6Cl2N2O/c1-5-7(4-14)11(16)10-8(13)2-6(12)3-9(10)15-5/h2-3H,1H3,(H,15,16). The molecule has 3 nitrogen and oxygen atoms in total. The first kappa shape index (κ1) is 11.0. The summed E-state index contributed by atoms with van der Waals surface area (Å²) in [5, 5.41) is 9.86. The molecule has 2 rings (SSSR count). The number of nitrogens with one attached hydrogen (secondary N) is 1. The zero-order chi connectivity index (χ0) is 11.9. The number of H-pyrrole nitrogens is 1. The molecule has 0 aliphatic carbocycles. The third-order valence-electron chi connectivity index (χ3n) is 2.32. The van der Waals surface area contributed by atoms with Crippen LogP contribution in [0.5, 0.6) is 0 Å². The smallest absolute Gasteiger partial charge is 0.208 e. The zero-order valence-electron chi connectivity index (χ0n) is 8.27. The molecule has 0 aliphatic rings. The highest BCUT2D eigenvalue weighted by Crippen LogP contribution is 2.25. The third-order valence-corrected chi connectivity index (χ3v) is 2.83. The summed E-state index contributed by atoms with van der Waals surface area (Å²) in [6.45, 7) is 1.66. The van der Waals surface area contributed by atoms with E-state index in [0.717, 1.165) is 0 Å². The van der Waals surface area contributed by atoms with Gasteiger partial charge in [0.2, 0.25) is 5.43 Å². The predicted octanol–water partition coefficient (Wildman–Crippen LogP) is 3.02. The summed E-state index contributed by atoms with van der Waals surface area (Å²) in [5.41, 5.74) is 0.768. The van der Waals surface area contributed by atoms with Gasteiger partial charge in [0.1, 0.15) is 11.6 Å². The average molecular weight is 253 g/mol. The van der Waals surface area contributed by atoms with Crippen LogP contribution in [-0.4, -0.2) is 4.98 Å². The Kier molecular flexibility index (Phi) is 2.63. The topological polar surface area (TPSA) is 56.6 Å². The monoisotopic (exact) mass is 252 g/mol. The molecule has 0 saturated carbocycles. The number of aryl methyl sites for hydroxylation is 1. The normalized spacial score (nSPS) is 10.4. The lowest BCUT2D eigenvalue weighted by atomic mass is 10.1. The Morgan fingerprint density at radius 3 is 2.69 bits per heavy atom. The molecule has 0 atom stereocenters. The van der Waals surface area contributed by atoms with Crippen LogP contribution in [0.15, 0.2) is 16.9 Å². The maximum atomic E-state index is 11.9. The summed E-state index contributed by atoms with van der Waals surface area (Å²) in [5.74, 6) is 0. The first-order chi connectivity index (χ1) is 7.54. The molecule has 0 fully saturated rings. The summed E-state index contributed by atoms with van der Waals surface area (Å²) >= 11 is 11.8. The molecule has 5 heteroatoms. The van der Waals surface area contributed by atoms with Gasteiger partial charge >= 0.3 is 0 Å². The summed E-state index contributed by atoms with van der Waals surface area (Å²) in [7, 11) is 0. The predicted molar refractivity (Wildman–Crippen MR) is 64.0 cm³/mol. The zero-order valence-corrected chi connectivity index (χ0v) is 9.78. The molecular weight excluding hydrogens is 247 g/mol. The van der Waals surface area contributed by atoms with Crippen LogP contribution in [0.25, 0.3) is 10.9 Å². The highest BCUT2D eigenvalue weighted by Gasteiger charge is 2.12. The van der Waals surface area contributed by atoms with E-state index in [-0.39, 0.29) is 16.0 Å². The third kappa shape index (κ3) is 1.57. The Morgan fingerprint density at radius 1 is 1.38 bits per heavy atom. The molecule has 0 amide bonds. The molecule has 2 aromatic rings. The van der Waals surface area contributed by atoms with E-state index in [1.807, 2.05) is 6.07 Å². The summed E-state index contributed by atoms with van der Waals surface area (Å²) < 4.78 is 0. The molecule has 0 aliphatic heterocycles. The van der Waals surface area contributed by atoms with Crippen LogP contribution in [0.1, 0.15) is 11.3 Å². The molecule has 0 bridgehead atoms. The van der Waals surface area contributed by atoms with E-state index in [0.29, 0.717) is 21.6 Å². The SMILES string of the molecule is Cc1[nH]c2cc(Cl)cc(Cl)c2c(=O)c1C#N. The fourth-order valence-electron chi connectivity index (χ4n) is 1.60. The number of hydrogen-bond donors (Lipinski definition) is 1. The molecule has 1 aromatic carbocycles. The van der Waals surface area contributed by atoms with Crippen LogP contribution < -0.4 is 5.43 Å². The fourth-order valence-corrected chi connectivity index (χ4v) is 2.18. The van der Waals surface area contributed by atoms with Crippen LogP contribution >= 0.6 is 23.2 Å². The second-order valence-corrected chi connectivity index (χ2v) is 4.22. The van der Waals surface area contributed by atoms with Crippen molar-refractivity contribution >= 4 is 34.1 Å². The quantitative estimate of drug-likeness (QED) is 0.784. The first-order valence-corrected chi connectivity index (χ1v) is 5.22. The molecule has 80 valence electrons. The second-order valence-electron chi connectivity index (χ2n) is 3.38. The van der Waals surface area contributed by atoms with Gasteiger partial charge in [-0.2, -0.15) is 5.26 Å². The van der Waals surface area contributed by atoms with Crippen LogP contribution in [0, 0.1) is 18.3 Å². The van der Waals surface area contributed by atoms with Gasteiger partial charge in [0.15, 0.2) is 0 Å². The van der Waals surface area contributed by atoms with E-state index in [9.17, 15) is 4.79 Å². The molecule has 0 saturated heterocycles. The second kappa shape index (κ2) is 3.82.